The Bertz CT molecular complexity index is 857. The molecule has 1 aliphatic heterocycles. The summed E-state index contributed by atoms with van der Waals surface area (Å²) in [4.78, 5) is 14.0. The van der Waals surface area contributed by atoms with Gasteiger partial charge in [0.1, 0.15) is 5.75 Å². The maximum absolute atomic E-state index is 12.4. The zero-order chi connectivity index (χ0) is 20.2. The van der Waals surface area contributed by atoms with E-state index in [1.807, 2.05) is 12.1 Å². The molecule has 5 fully saturated rings. The van der Waals surface area contributed by atoms with Crippen LogP contribution in [0.1, 0.15) is 50.5 Å². The number of amides is 1. The molecule has 1 aromatic rings. The van der Waals surface area contributed by atoms with E-state index in [-0.39, 0.29) is 30.1 Å². The van der Waals surface area contributed by atoms with Crippen molar-refractivity contribution in [2.24, 2.45) is 17.8 Å². The summed E-state index contributed by atoms with van der Waals surface area (Å²) in [6.07, 6.45) is 8.87. The fourth-order valence-electron chi connectivity index (χ4n) is 6.90. The average molecular weight is 418 g/mol. The second-order valence-corrected chi connectivity index (χ2v) is 12.3. The lowest BCUT2D eigenvalue weighted by molar-refractivity contribution is -0.133. The molecule has 4 saturated carbocycles. The summed E-state index contributed by atoms with van der Waals surface area (Å²) >= 11 is 0. The summed E-state index contributed by atoms with van der Waals surface area (Å²) in [6, 6.07) is 8.19. The van der Waals surface area contributed by atoms with Gasteiger partial charge in [-0.1, -0.05) is 12.1 Å². The molecule has 1 saturated heterocycles. The maximum atomic E-state index is 12.4. The Hall–Kier alpha value is -1.56. The summed E-state index contributed by atoms with van der Waals surface area (Å²) in [7, 11) is -1.33. The molecule has 1 heterocycles. The van der Waals surface area contributed by atoms with Crippen LogP contribution >= 0.6 is 0 Å². The summed E-state index contributed by atoms with van der Waals surface area (Å²) in [5, 5.41) is 0. The van der Waals surface area contributed by atoms with Crippen LogP contribution in [-0.2, 0) is 20.0 Å². The van der Waals surface area contributed by atoms with E-state index < -0.39 is 9.84 Å². The van der Waals surface area contributed by atoms with Crippen molar-refractivity contribution < 1.29 is 17.9 Å². The summed E-state index contributed by atoms with van der Waals surface area (Å²) in [5.41, 5.74) is 1.82. The summed E-state index contributed by atoms with van der Waals surface area (Å²) in [6.45, 7) is -0.0518. The number of carbonyl (C=O) groups excluding carboxylic acids is 1. The highest BCUT2D eigenvalue weighted by molar-refractivity contribution is 7.91. The van der Waals surface area contributed by atoms with Gasteiger partial charge in [0, 0.05) is 13.1 Å². The number of nitrogens with zero attached hydrogens (tertiary/aromatic N) is 1. The first kappa shape index (κ1) is 19.4. The van der Waals surface area contributed by atoms with Crippen LogP contribution in [0.5, 0.6) is 5.75 Å². The third-order valence-corrected chi connectivity index (χ3v) is 9.77. The van der Waals surface area contributed by atoms with Crippen molar-refractivity contribution in [3.05, 3.63) is 29.8 Å². The highest BCUT2D eigenvalue weighted by atomic mass is 32.2. The average Bonchev–Trinajstić information content (AvgIpc) is 3.04. The third kappa shape index (κ3) is 3.69. The van der Waals surface area contributed by atoms with Gasteiger partial charge in [-0.15, -0.1) is 0 Å². The van der Waals surface area contributed by atoms with E-state index >= 15 is 0 Å². The monoisotopic (exact) mass is 417 g/mol. The number of rotatable bonds is 5. The Morgan fingerprint density at radius 1 is 1.07 bits per heavy atom. The molecule has 1 atom stereocenters. The lowest BCUT2D eigenvalue weighted by Gasteiger charge is -2.57. The second kappa shape index (κ2) is 7.00. The first-order valence-electron chi connectivity index (χ1n) is 11.0. The van der Waals surface area contributed by atoms with E-state index in [1.165, 1.54) is 49.0 Å². The molecule has 1 unspecified atom stereocenters. The Kier molecular flexibility index (Phi) is 4.68. The molecule has 0 N–H and O–H groups in total. The van der Waals surface area contributed by atoms with Gasteiger partial charge in [0.2, 0.25) is 0 Å². The molecule has 158 valence electrons. The number of carbonyl (C=O) groups is 1. The van der Waals surface area contributed by atoms with Crippen molar-refractivity contribution in [1.29, 1.82) is 0 Å². The van der Waals surface area contributed by atoms with E-state index in [2.05, 4.69) is 12.1 Å². The topological polar surface area (TPSA) is 63.7 Å². The van der Waals surface area contributed by atoms with Gasteiger partial charge in [-0.2, -0.15) is 0 Å². The number of ether oxygens (including phenoxy) is 1. The van der Waals surface area contributed by atoms with E-state index in [0.29, 0.717) is 17.6 Å². The number of hydrogen-bond donors (Lipinski definition) is 0. The molecule has 29 heavy (non-hydrogen) atoms. The molecule has 5 aliphatic rings. The molecular formula is C23H31NO4S. The Morgan fingerprint density at radius 3 is 2.17 bits per heavy atom. The quantitative estimate of drug-likeness (QED) is 0.738. The van der Waals surface area contributed by atoms with Crippen molar-refractivity contribution in [3.63, 3.8) is 0 Å². The smallest absolute Gasteiger partial charge is 0.260 e. The summed E-state index contributed by atoms with van der Waals surface area (Å²) in [5.74, 6) is 3.53. The molecule has 5 nitrogen and oxygen atoms in total. The largest absolute Gasteiger partial charge is 0.484 e. The zero-order valence-corrected chi connectivity index (χ0v) is 18.0. The van der Waals surface area contributed by atoms with Crippen LogP contribution in [0.4, 0.5) is 0 Å². The molecule has 1 aromatic carbocycles. The van der Waals surface area contributed by atoms with Crippen LogP contribution in [0.3, 0.4) is 0 Å². The molecular weight excluding hydrogens is 386 g/mol. The summed E-state index contributed by atoms with van der Waals surface area (Å²) < 4.78 is 29.0. The minimum absolute atomic E-state index is 0.0518. The zero-order valence-electron chi connectivity index (χ0n) is 17.2. The van der Waals surface area contributed by atoms with Gasteiger partial charge >= 0.3 is 0 Å². The minimum atomic E-state index is -3.00. The minimum Gasteiger partial charge on any atom is -0.484 e. The Labute approximate surface area is 173 Å². The van der Waals surface area contributed by atoms with Gasteiger partial charge in [-0.3, -0.25) is 4.79 Å². The SMILES string of the molecule is CN(C(=O)COc1ccc(C23CC4CC(CC(C4)C2)C3)cc1)C1CCS(=O)(=O)C1. The standard InChI is InChI=1S/C23H31NO4S/c1-24(20-6-7-29(26,27)15-20)22(25)14-28-21-4-2-19(3-5-21)23-11-16-8-17(12-23)10-18(9-16)13-23/h2-5,16-18,20H,6-15H2,1H3. The first-order valence-corrected chi connectivity index (χ1v) is 12.8. The first-order chi connectivity index (χ1) is 13.8. The van der Waals surface area contributed by atoms with Crippen molar-refractivity contribution in [3.8, 4) is 5.75 Å². The van der Waals surface area contributed by atoms with Crippen LogP contribution in [0, 0.1) is 17.8 Å². The van der Waals surface area contributed by atoms with Crippen LogP contribution < -0.4 is 4.74 Å². The van der Waals surface area contributed by atoms with E-state index in [1.54, 1.807) is 7.05 Å². The number of sulfone groups is 1. The van der Waals surface area contributed by atoms with Crippen molar-refractivity contribution in [2.45, 2.75) is 56.4 Å². The van der Waals surface area contributed by atoms with Crippen molar-refractivity contribution in [1.82, 2.24) is 4.90 Å². The van der Waals surface area contributed by atoms with Crippen LogP contribution in [0.25, 0.3) is 0 Å². The fourth-order valence-corrected chi connectivity index (χ4v) is 8.67. The number of likely N-dealkylation sites (N-methyl/N-ethyl adjacent to an activating group) is 1. The number of hydrogen-bond acceptors (Lipinski definition) is 4. The van der Waals surface area contributed by atoms with Crippen molar-refractivity contribution in [2.75, 3.05) is 25.2 Å². The van der Waals surface area contributed by atoms with Gasteiger partial charge in [-0.25, -0.2) is 8.42 Å². The highest BCUT2D eigenvalue weighted by Crippen LogP contribution is 2.60. The van der Waals surface area contributed by atoms with Gasteiger partial charge in [0.05, 0.1) is 11.5 Å². The number of benzene rings is 1. The van der Waals surface area contributed by atoms with Crippen molar-refractivity contribution >= 4 is 15.7 Å². The second-order valence-electron chi connectivity index (χ2n) is 10.1. The maximum Gasteiger partial charge on any atom is 0.260 e. The molecule has 0 aromatic heterocycles. The molecule has 4 aliphatic carbocycles. The third-order valence-electron chi connectivity index (χ3n) is 8.02. The van der Waals surface area contributed by atoms with E-state index in [0.717, 1.165) is 17.8 Å². The van der Waals surface area contributed by atoms with Gasteiger partial charge in [-0.05, 0) is 85.8 Å². The lowest BCUT2D eigenvalue weighted by Crippen LogP contribution is -2.48. The predicted molar refractivity (Wildman–Crippen MR) is 112 cm³/mol. The predicted octanol–water partition coefficient (Wildman–Crippen LogP) is 3.18. The fraction of sp³-hybridized carbons (Fsp3) is 0.696. The van der Waals surface area contributed by atoms with Crippen LogP contribution in [0.15, 0.2) is 24.3 Å². The van der Waals surface area contributed by atoms with E-state index in [4.69, 9.17) is 4.74 Å². The molecule has 0 radical (unpaired) electrons. The van der Waals surface area contributed by atoms with Crippen LogP contribution in [0.2, 0.25) is 0 Å². The lowest BCUT2D eigenvalue weighted by atomic mass is 9.48. The van der Waals surface area contributed by atoms with E-state index in [9.17, 15) is 13.2 Å². The molecule has 0 spiro atoms. The molecule has 6 heteroatoms. The Morgan fingerprint density at radius 2 is 1.66 bits per heavy atom. The molecule has 6 rings (SSSR count). The normalized spacial score (nSPS) is 36.9. The molecule has 1 amide bonds. The van der Waals surface area contributed by atoms with Crippen LogP contribution in [-0.4, -0.2) is 50.4 Å². The highest BCUT2D eigenvalue weighted by Gasteiger charge is 2.51. The van der Waals surface area contributed by atoms with Gasteiger partial charge in [0.25, 0.3) is 5.91 Å². The van der Waals surface area contributed by atoms with Gasteiger partial charge < -0.3 is 9.64 Å². The Balaban J connectivity index is 1.20. The molecule has 4 bridgehead atoms. The van der Waals surface area contributed by atoms with Gasteiger partial charge in [0.15, 0.2) is 16.4 Å².